The van der Waals surface area contributed by atoms with Gasteiger partial charge in [0.05, 0.1) is 24.5 Å². The van der Waals surface area contributed by atoms with Crippen molar-refractivity contribution < 1.29 is 14.3 Å². The molecular weight excluding hydrogens is 354 g/mol. The van der Waals surface area contributed by atoms with Gasteiger partial charge in [0, 0.05) is 24.6 Å². The summed E-state index contributed by atoms with van der Waals surface area (Å²) in [6.45, 7) is 5.31. The maximum absolute atomic E-state index is 13.2. The number of likely N-dealkylation sites (N-methyl/N-ethyl adjacent to an activating group) is 1. The number of hydrogen-bond acceptors (Lipinski definition) is 4. The molecule has 0 fully saturated rings. The fourth-order valence-electron chi connectivity index (χ4n) is 3.55. The number of nitrogens with zero attached hydrogens (tertiary/aromatic N) is 2. The van der Waals surface area contributed by atoms with Crippen molar-refractivity contribution in [3.63, 3.8) is 0 Å². The van der Waals surface area contributed by atoms with Crippen LogP contribution < -0.4 is 15.0 Å². The number of benzene rings is 2. The lowest BCUT2D eigenvalue weighted by atomic mass is 10.1. The Bertz CT molecular complexity index is 852. The first-order chi connectivity index (χ1) is 13.5. The van der Waals surface area contributed by atoms with Crippen LogP contribution in [0.15, 0.2) is 48.5 Å². The summed E-state index contributed by atoms with van der Waals surface area (Å²) in [5, 5.41) is 2.89. The van der Waals surface area contributed by atoms with E-state index in [1.807, 2.05) is 74.3 Å². The van der Waals surface area contributed by atoms with E-state index in [1.165, 1.54) is 0 Å². The van der Waals surface area contributed by atoms with Crippen molar-refractivity contribution in [1.82, 2.24) is 4.90 Å². The smallest absolute Gasteiger partial charge is 0.241 e. The van der Waals surface area contributed by atoms with Crippen LogP contribution in [0.5, 0.6) is 5.75 Å². The average molecular weight is 381 g/mol. The maximum atomic E-state index is 13.2. The van der Waals surface area contributed by atoms with Crippen LogP contribution >= 0.6 is 0 Å². The summed E-state index contributed by atoms with van der Waals surface area (Å²) in [5.41, 5.74) is 2.46. The Morgan fingerprint density at radius 1 is 1.21 bits per heavy atom. The summed E-state index contributed by atoms with van der Waals surface area (Å²) in [6.07, 6.45) is 0.275. The van der Waals surface area contributed by atoms with Crippen LogP contribution in [0.4, 0.5) is 11.4 Å². The molecule has 1 N–H and O–H groups in total. The number of nitrogens with one attached hydrogen (secondary N) is 1. The highest BCUT2D eigenvalue weighted by atomic mass is 16.5. The van der Waals surface area contributed by atoms with Crippen molar-refractivity contribution >= 4 is 23.2 Å². The topological polar surface area (TPSA) is 61.9 Å². The standard InChI is InChI=1S/C22H27N3O3/c1-4-28-20-12-8-5-9-17(20)14-24(3)15-22(27)25-16(2)13-21(26)23-18-10-6-7-11-19(18)25/h5-12,16H,4,13-15H2,1-3H3,(H,23,26)/t16-/m0/s1. The highest BCUT2D eigenvalue weighted by Gasteiger charge is 2.29. The van der Waals surface area contributed by atoms with Gasteiger partial charge in [0.25, 0.3) is 0 Å². The molecule has 0 bridgehead atoms. The van der Waals surface area contributed by atoms with Crippen molar-refractivity contribution in [2.45, 2.75) is 32.9 Å². The van der Waals surface area contributed by atoms with Crippen molar-refractivity contribution in [3.05, 3.63) is 54.1 Å². The van der Waals surface area contributed by atoms with Gasteiger partial charge in [-0.3, -0.25) is 14.5 Å². The number of amides is 2. The van der Waals surface area contributed by atoms with Gasteiger partial charge in [0.15, 0.2) is 0 Å². The zero-order valence-electron chi connectivity index (χ0n) is 16.6. The molecule has 0 aliphatic carbocycles. The molecule has 3 rings (SSSR count). The fraction of sp³-hybridized carbons (Fsp3) is 0.364. The summed E-state index contributed by atoms with van der Waals surface area (Å²) in [7, 11) is 1.92. The minimum atomic E-state index is -0.208. The van der Waals surface area contributed by atoms with Crippen molar-refractivity contribution in [2.75, 3.05) is 30.4 Å². The first kappa shape index (κ1) is 19.9. The number of anilines is 2. The SMILES string of the molecule is CCOc1ccccc1CN(C)CC(=O)N1c2ccccc2NC(=O)C[C@@H]1C. The molecule has 0 saturated carbocycles. The van der Waals surface area contributed by atoms with E-state index in [2.05, 4.69) is 5.32 Å². The number of hydrogen-bond donors (Lipinski definition) is 1. The lowest BCUT2D eigenvalue weighted by molar-refractivity contribution is -0.120. The maximum Gasteiger partial charge on any atom is 0.241 e. The molecule has 2 aromatic carbocycles. The van der Waals surface area contributed by atoms with Crippen LogP contribution in [-0.4, -0.2) is 43.0 Å². The molecule has 1 heterocycles. The molecule has 2 aromatic rings. The van der Waals surface area contributed by atoms with E-state index in [0.717, 1.165) is 17.0 Å². The van der Waals surface area contributed by atoms with Crippen molar-refractivity contribution in [3.8, 4) is 5.75 Å². The minimum absolute atomic E-state index is 0.0344. The van der Waals surface area contributed by atoms with Crippen LogP contribution in [0.1, 0.15) is 25.8 Å². The highest BCUT2D eigenvalue weighted by molar-refractivity contribution is 6.04. The van der Waals surface area contributed by atoms with Crippen LogP contribution in [-0.2, 0) is 16.1 Å². The van der Waals surface area contributed by atoms with Crippen molar-refractivity contribution in [2.24, 2.45) is 0 Å². The largest absolute Gasteiger partial charge is 0.494 e. The Balaban J connectivity index is 1.76. The van der Waals surface area contributed by atoms with Gasteiger partial charge in [-0.1, -0.05) is 30.3 Å². The van der Waals surface area contributed by atoms with E-state index < -0.39 is 0 Å². The molecule has 0 aromatic heterocycles. The van der Waals surface area contributed by atoms with Gasteiger partial charge < -0.3 is 15.0 Å². The number of fused-ring (bicyclic) bond motifs is 1. The molecular formula is C22H27N3O3. The van der Waals surface area contributed by atoms with Gasteiger partial charge in [0.1, 0.15) is 5.75 Å². The third kappa shape index (κ3) is 4.51. The summed E-state index contributed by atoms with van der Waals surface area (Å²) in [6, 6.07) is 15.1. The minimum Gasteiger partial charge on any atom is -0.494 e. The summed E-state index contributed by atoms with van der Waals surface area (Å²) in [5.74, 6) is 0.731. The molecule has 0 saturated heterocycles. The lowest BCUT2D eigenvalue weighted by Crippen LogP contribution is -2.44. The summed E-state index contributed by atoms with van der Waals surface area (Å²) >= 11 is 0. The quantitative estimate of drug-likeness (QED) is 0.834. The second kappa shape index (κ2) is 8.89. The predicted octanol–water partition coefficient (Wildman–Crippen LogP) is 3.28. The normalized spacial score (nSPS) is 16.4. The number of carbonyl (C=O) groups excluding carboxylic acids is 2. The van der Waals surface area contributed by atoms with Crippen molar-refractivity contribution in [1.29, 1.82) is 0 Å². The zero-order chi connectivity index (χ0) is 20.1. The fourth-order valence-corrected chi connectivity index (χ4v) is 3.55. The Kier molecular flexibility index (Phi) is 6.31. The number of para-hydroxylation sites is 3. The Hall–Kier alpha value is -2.86. The number of rotatable bonds is 6. The van der Waals surface area contributed by atoms with Gasteiger partial charge in [-0.2, -0.15) is 0 Å². The molecule has 28 heavy (non-hydrogen) atoms. The second-order valence-corrected chi connectivity index (χ2v) is 7.10. The van der Waals surface area contributed by atoms with E-state index in [-0.39, 0.29) is 30.8 Å². The summed E-state index contributed by atoms with van der Waals surface area (Å²) < 4.78 is 5.68. The van der Waals surface area contributed by atoms with Crippen LogP contribution in [0.25, 0.3) is 0 Å². The first-order valence-corrected chi connectivity index (χ1v) is 9.59. The van der Waals surface area contributed by atoms with Gasteiger partial charge in [-0.05, 0) is 39.1 Å². The zero-order valence-corrected chi connectivity index (χ0v) is 16.6. The van der Waals surface area contributed by atoms with E-state index in [0.29, 0.717) is 18.8 Å². The molecule has 2 amide bonds. The van der Waals surface area contributed by atoms with E-state index in [4.69, 9.17) is 4.74 Å². The first-order valence-electron chi connectivity index (χ1n) is 9.59. The molecule has 1 aliphatic rings. The predicted molar refractivity (Wildman–Crippen MR) is 111 cm³/mol. The monoisotopic (exact) mass is 381 g/mol. The van der Waals surface area contributed by atoms with Crippen LogP contribution in [0.3, 0.4) is 0 Å². The van der Waals surface area contributed by atoms with Crippen LogP contribution in [0, 0.1) is 0 Å². The number of carbonyl (C=O) groups is 2. The molecule has 0 radical (unpaired) electrons. The molecule has 148 valence electrons. The molecule has 0 spiro atoms. The summed E-state index contributed by atoms with van der Waals surface area (Å²) in [4.78, 5) is 29.0. The lowest BCUT2D eigenvalue weighted by Gasteiger charge is -2.30. The van der Waals surface area contributed by atoms with Gasteiger partial charge in [-0.25, -0.2) is 0 Å². The Morgan fingerprint density at radius 3 is 2.71 bits per heavy atom. The van der Waals surface area contributed by atoms with E-state index >= 15 is 0 Å². The van der Waals surface area contributed by atoms with Crippen LogP contribution in [0.2, 0.25) is 0 Å². The van der Waals surface area contributed by atoms with E-state index in [9.17, 15) is 9.59 Å². The molecule has 1 atom stereocenters. The highest BCUT2D eigenvalue weighted by Crippen LogP contribution is 2.31. The molecule has 0 unspecified atom stereocenters. The van der Waals surface area contributed by atoms with Gasteiger partial charge >= 0.3 is 0 Å². The average Bonchev–Trinajstić information content (AvgIpc) is 2.77. The molecule has 1 aliphatic heterocycles. The Labute approximate surface area is 166 Å². The molecule has 6 nitrogen and oxygen atoms in total. The third-order valence-electron chi connectivity index (χ3n) is 4.75. The molecule has 6 heteroatoms. The van der Waals surface area contributed by atoms with E-state index in [1.54, 1.807) is 4.90 Å². The Morgan fingerprint density at radius 2 is 1.93 bits per heavy atom. The second-order valence-electron chi connectivity index (χ2n) is 7.10. The third-order valence-corrected chi connectivity index (χ3v) is 4.75. The van der Waals surface area contributed by atoms with Gasteiger partial charge in [-0.15, -0.1) is 0 Å². The van der Waals surface area contributed by atoms with Gasteiger partial charge in [0.2, 0.25) is 11.8 Å². The number of ether oxygens (including phenoxy) is 1.